The van der Waals surface area contributed by atoms with Crippen molar-refractivity contribution in [3.8, 4) is 0 Å². The van der Waals surface area contributed by atoms with Gasteiger partial charge in [-0.15, -0.1) is 0 Å². The highest BCUT2D eigenvalue weighted by molar-refractivity contribution is 7.99. The minimum Gasteiger partial charge on any atom is -0.348 e. The van der Waals surface area contributed by atoms with E-state index in [2.05, 4.69) is 41.1 Å². The Morgan fingerprint density at radius 1 is 1.21 bits per heavy atom. The number of hydrogen-bond donors (Lipinski definition) is 2. The number of carbonyl (C=O) groups excluding carboxylic acids is 1. The van der Waals surface area contributed by atoms with E-state index in [-0.39, 0.29) is 23.4 Å². The van der Waals surface area contributed by atoms with Gasteiger partial charge in [-0.1, -0.05) is 26.0 Å². The fourth-order valence-corrected chi connectivity index (χ4v) is 5.38. The van der Waals surface area contributed by atoms with Gasteiger partial charge in [0.25, 0.3) is 0 Å². The molecule has 0 aliphatic carbocycles. The summed E-state index contributed by atoms with van der Waals surface area (Å²) in [6.45, 7) is 4.24. The van der Waals surface area contributed by atoms with Crippen LogP contribution in [0.4, 0.5) is 0 Å². The summed E-state index contributed by atoms with van der Waals surface area (Å²) < 4.78 is 2.25. The summed E-state index contributed by atoms with van der Waals surface area (Å²) in [5.41, 5.74) is 1.82. The van der Waals surface area contributed by atoms with Crippen molar-refractivity contribution in [2.45, 2.75) is 44.7 Å². The van der Waals surface area contributed by atoms with E-state index in [0.717, 1.165) is 41.2 Å². The zero-order chi connectivity index (χ0) is 19.6. The first-order valence-corrected chi connectivity index (χ1v) is 11.2. The van der Waals surface area contributed by atoms with E-state index in [1.165, 1.54) is 0 Å². The van der Waals surface area contributed by atoms with Crippen molar-refractivity contribution in [3.63, 3.8) is 0 Å². The van der Waals surface area contributed by atoms with Gasteiger partial charge in [0.2, 0.25) is 5.91 Å². The first kappa shape index (κ1) is 19.1. The molecule has 1 aromatic carbocycles. The van der Waals surface area contributed by atoms with Crippen LogP contribution in [0, 0.1) is 5.92 Å². The molecule has 0 saturated carbocycles. The Bertz CT molecular complexity index is 892. The van der Waals surface area contributed by atoms with Gasteiger partial charge in [-0.05, 0) is 54.5 Å². The second-order valence-electron chi connectivity index (χ2n) is 8.03. The van der Waals surface area contributed by atoms with Crippen molar-refractivity contribution in [2.24, 2.45) is 5.92 Å². The molecular weight excluding hydrogens is 368 g/mol. The van der Waals surface area contributed by atoms with Crippen LogP contribution in [0.3, 0.4) is 0 Å². The number of fused-ring (bicyclic) bond motifs is 1. The average molecular weight is 397 g/mol. The van der Waals surface area contributed by atoms with E-state index < -0.39 is 0 Å². The normalized spacial score (nSPS) is 17.7. The van der Waals surface area contributed by atoms with Gasteiger partial charge in [-0.3, -0.25) is 4.79 Å². The van der Waals surface area contributed by atoms with E-state index >= 15 is 0 Å². The van der Waals surface area contributed by atoms with Crippen molar-refractivity contribution >= 4 is 28.7 Å². The minimum absolute atomic E-state index is 0.0970. The lowest BCUT2D eigenvalue weighted by Crippen LogP contribution is -2.43. The van der Waals surface area contributed by atoms with Crippen LogP contribution < -0.4 is 5.32 Å². The lowest BCUT2D eigenvalue weighted by Gasteiger charge is -2.38. The highest BCUT2D eigenvalue weighted by atomic mass is 32.2. The van der Waals surface area contributed by atoms with Gasteiger partial charge in [-0.2, -0.15) is 11.8 Å². The third kappa shape index (κ3) is 3.83. The van der Waals surface area contributed by atoms with Crippen molar-refractivity contribution in [1.29, 1.82) is 0 Å². The number of amides is 1. The minimum atomic E-state index is -0.125. The molecule has 1 fully saturated rings. The number of nitrogens with zero attached hydrogens (tertiary/aromatic N) is 2. The van der Waals surface area contributed by atoms with Crippen LogP contribution in [0.25, 0.3) is 11.0 Å². The number of hydrogen-bond acceptors (Lipinski definition) is 3. The number of nitrogens with one attached hydrogen (secondary N) is 2. The van der Waals surface area contributed by atoms with Gasteiger partial charge in [0.1, 0.15) is 5.82 Å². The highest BCUT2D eigenvalue weighted by Gasteiger charge is 2.36. The summed E-state index contributed by atoms with van der Waals surface area (Å²) in [4.78, 5) is 21.3. The lowest BCUT2D eigenvalue weighted by molar-refractivity contribution is -0.124. The number of benzene rings is 1. The van der Waals surface area contributed by atoms with Gasteiger partial charge in [0, 0.05) is 12.4 Å². The molecule has 0 bridgehead atoms. The largest absolute Gasteiger partial charge is 0.348 e. The summed E-state index contributed by atoms with van der Waals surface area (Å²) in [5, 5.41) is 3.27. The van der Waals surface area contributed by atoms with Crippen molar-refractivity contribution in [2.75, 3.05) is 11.5 Å². The molecular formula is C22H28N4OS. The second kappa shape index (κ2) is 8.03. The monoisotopic (exact) mass is 396 g/mol. The lowest BCUT2D eigenvalue weighted by atomic mass is 9.87. The number of aromatic nitrogens is 3. The molecule has 0 unspecified atom stereocenters. The van der Waals surface area contributed by atoms with E-state index in [1.54, 1.807) is 0 Å². The maximum atomic E-state index is 13.1. The quantitative estimate of drug-likeness (QED) is 0.645. The third-order valence-electron chi connectivity index (χ3n) is 5.75. The summed E-state index contributed by atoms with van der Waals surface area (Å²) >= 11 is 1.98. The van der Waals surface area contributed by atoms with Crippen LogP contribution in [0.15, 0.2) is 48.8 Å². The van der Waals surface area contributed by atoms with Crippen molar-refractivity contribution < 1.29 is 4.79 Å². The predicted octanol–water partition coefficient (Wildman–Crippen LogP) is 4.49. The average Bonchev–Trinajstić information content (AvgIpc) is 3.36. The summed E-state index contributed by atoms with van der Waals surface area (Å²) in [7, 11) is 0. The summed E-state index contributed by atoms with van der Waals surface area (Å²) in [6.07, 6.45) is 6.75. The van der Waals surface area contributed by atoms with Crippen molar-refractivity contribution in [1.82, 2.24) is 19.9 Å². The number of H-pyrrole nitrogens is 1. The van der Waals surface area contributed by atoms with Gasteiger partial charge in [0.05, 0.1) is 29.0 Å². The number of carbonyl (C=O) groups is 1. The number of aromatic amines is 1. The van der Waals surface area contributed by atoms with Crippen LogP contribution in [0.5, 0.6) is 0 Å². The Morgan fingerprint density at radius 2 is 1.93 bits per heavy atom. The van der Waals surface area contributed by atoms with E-state index in [9.17, 15) is 4.79 Å². The van der Waals surface area contributed by atoms with E-state index in [4.69, 9.17) is 4.98 Å². The van der Waals surface area contributed by atoms with Crippen LogP contribution in [-0.4, -0.2) is 31.9 Å². The maximum absolute atomic E-state index is 13.1. The molecule has 1 saturated heterocycles. The van der Waals surface area contributed by atoms with Crippen LogP contribution in [0.1, 0.15) is 45.0 Å². The summed E-state index contributed by atoms with van der Waals surface area (Å²) in [6, 6.07) is 12.0. The molecule has 1 amide bonds. The number of rotatable bonds is 6. The molecule has 2 aromatic heterocycles. The Hall–Kier alpha value is -2.21. The molecule has 5 nitrogen and oxygen atoms in total. The van der Waals surface area contributed by atoms with Crippen LogP contribution >= 0.6 is 11.8 Å². The van der Waals surface area contributed by atoms with Gasteiger partial charge >= 0.3 is 0 Å². The molecule has 0 spiro atoms. The molecule has 2 N–H and O–H groups in total. The number of para-hydroxylation sites is 2. The van der Waals surface area contributed by atoms with Gasteiger partial charge in [-0.25, -0.2) is 4.98 Å². The topological polar surface area (TPSA) is 62.7 Å². The first-order chi connectivity index (χ1) is 13.6. The molecule has 28 heavy (non-hydrogen) atoms. The standard InChI is InChI=1S/C22H28N4OS/c1-16(2)20(21-23-17-7-3-4-8-18(17)24-21)25-19(27)15-22(9-13-28-14-10-22)26-11-5-6-12-26/h3-8,11-12,16,20H,9-10,13-15H2,1-2H3,(H,23,24)(H,25,27)/t20-/m0/s1. The molecule has 6 heteroatoms. The molecule has 3 aromatic rings. The zero-order valence-corrected chi connectivity index (χ0v) is 17.3. The highest BCUT2D eigenvalue weighted by Crippen LogP contribution is 2.37. The Morgan fingerprint density at radius 3 is 2.61 bits per heavy atom. The van der Waals surface area contributed by atoms with Gasteiger partial charge < -0.3 is 14.9 Å². The van der Waals surface area contributed by atoms with Crippen LogP contribution in [-0.2, 0) is 10.3 Å². The molecule has 1 aliphatic heterocycles. The molecule has 0 radical (unpaired) electrons. The van der Waals surface area contributed by atoms with Gasteiger partial charge in [0.15, 0.2) is 0 Å². The molecule has 1 atom stereocenters. The van der Waals surface area contributed by atoms with E-state index in [0.29, 0.717) is 6.42 Å². The molecule has 4 rings (SSSR count). The first-order valence-electron chi connectivity index (χ1n) is 10.0. The molecule has 1 aliphatic rings. The molecule has 148 valence electrons. The third-order valence-corrected chi connectivity index (χ3v) is 6.74. The summed E-state index contributed by atoms with van der Waals surface area (Å²) in [5.74, 6) is 3.37. The maximum Gasteiger partial charge on any atom is 0.222 e. The predicted molar refractivity (Wildman–Crippen MR) is 115 cm³/mol. The fraction of sp³-hybridized carbons (Fsp3) is 0.455. The van der Waals surface area contributed by atoms with Crippen LogP contribution in [0.2, 0.25) is 0 Å². The number of thioether (sulfide) groups is 1. The number of imidazole rings is 1. The molecule has 3 heterocycles. The smallest absolute Gasteiger partial charge is 0.222 e. The SMILES string of the molecule is CC(C)[C@H](NC(=O)CC1(n2cccc2)CCSCC1)c1nc2ccccc2[nH]1. The van der Waals surface area contributed by atoms with Crippen molar-refractivity contribution in [3.05, 3.63) is 54.6 Å². The Balaban J connectivity index is 1.54. The van der Waals surface area contributed by atoms with E-state index in [1.807, 2.05) is 48.2 Å². The zero-order valence-electron chi connectivity index (χ0n) is 16.5. The Labute approximate surface area is 170 Å². The fourth-order valence-electron chi connectivity index (χ4n) is 4.12. The Kier molecular flexibility index (Phi) is 5.49. The second-order valence-corrected chi connectivity index (χ2v) is 9.26.